The average Bonchev–Trinajstić information content (AvgIpc) is 2.55. The minimum Gasteiger partial charge on any atom is -0.379 e. The van der Waals surface area contributed by atoms with Gasteiger partial charge in [0.1, 0.15) is 6.04 Å². The van der Waals surface area contributed by atoms with Crippen LogP contribution < -0.4 is 5.32 Å². The molecule has 25 heavy (non-hydrogen) atoms. The number of hydrogen-bond acceptors (Lipinski definition) is 4. The van der Waals surface area contributed by atoms with Gasteiger partial charge in [-0.3, -0.25) is 9.69 Å². The minimum absolute atomic E-state index is 0. The first kappa shape index (κ1) is 24.7. The van der Waals surface area contributed by atoms with Crippen molar-refractivity contribution in [3.63, 3.8) is 0 Å². The van der Waals surface area contributed by atoms with Crippen LogP contribution in [-0.2, 0) is 9.53 Å². The van der Waals surface area contributed by atoms with Crippen LogP contribution in [0.2, 0.25) is 10.0 Å². The fourth-order valence-electron chi connectivity index (χ4n) is 2.64. The summed E-state index contributed by atoms with van der Waals surface area (Å²) in [5, 5.41) is 4.14. The Hall–Kier alpha value is -0.270. The molecule has 1 aromatic carbocycles. The van der Waals surface area contributed by atoms with Crippen molar-refractivity contribution in [2.24, 2.45) is 0 Å². The van der Waals surface area contributed by atoms with Crippen LogP contribution in [0.3, 0.4) is 0 Å². The molecule has 1 aliphatic heterocycles. The van der Waals surface area contributed by atoms with Crippen LogP contribution in [0.5, 0.6) is 0 Å². The number of carbonyl (C=O) groups excluding carboxylic acids is 1. The maximum Gasteiger partial charge on any atom is 0.244 e. The zero-order chi connectivity index (χ0) is 16.8. The third-order valence-corrected chi connectivity index (χ3v) is 4.54. The van der Waals surface area contributed by atoms with Crippen molar-refractivity contribution in [1.82, 2.24) is 15.1 Å². The van der Waals surface area contributed by atoms with Gasteiger partial charge in [0, 0.05) is 43.3 Å². The number of ether oxygens (including phenoxy) is 1. The number of rotatable bonds is 6. The van der Waals surface area contributed by atoms with Crippen molar-refractivity contribution in [2.75, 3.05) is 53.5 Å². The maximum absolute atomic E-state index is 13.0. The van der Waals surface area contributed by atoms with Crippen LogP contribution in [-0.4, -0.2) is 69.2 Å². The second-order valence-electron chi connectivity index (χ2n) is 5.58. The Morgan fingerprint density at radius 2 is 1.96 bits per heavy atom. The number of amides is 1. The number of hydrogen-bond donors (Lipinski definition) is 1. The number of nitrogens with zero attached hydrogens (tertiary/aromatic N) is 2. The Kier molecular flexibility index (Phi) is 12.0. The van der Waals surface area contributed by atoms with Crippen molar-refractivity contribution in [3.05, 3.63) is 33.8 Å². The van der Waals surface area contributed by atoms with E-state index in [2.05, 4.69) is 10.2 Å². The molecule has 5 nitrogen and oxygen atoms in total. The second-order valence-corrected chi connectivity index (χ2v) is 6.42. The molecule has 1 atom stereocenters. The molecule has 1 unspecified atom stereocenters. The van der Waals surface area contributed by atoms with Crippen LogP contribution >= 0.6 is 48.0 Å². The molecule has 0 radical (unpaired) electrons. The van der Waals surface area contributed by atoms with Gasteiger partial charge in [-0.05, 0) is 24.7 Å². The summed E-state index contributed by atoms with van der Waals surface area (Å²) in [4.78, 5) is 16.9. The molecule has 0 bridgehead atoms. The first-order valence-electron chi connectivity index (χ1n) is 7.71. The molecule has 0 aliphatic carbocycles. The molecule has 0 spiro atoms. The molecule has 9 heteroatoms. The third-order valence-electron chi connectivity index (χ3n) is 3.98. The lowest BCUT2D eigenvalue weighted by Crippen LogP contribution is -2.47. The number of benzene rings is 1. The van der Waals surface area contributed by atoms with Gasteiger partial charge in [-0.1, -0.05) is 29.3 Å². The largest absolute Gasteiger partial charge is 0.379 e. The maximum atomic E-state index is 13.0. The highest BCUT2D eigenvalue weighted by atomic mass is 35.5. The van der Waals surface area contributed by atoms with Crippen molar-refractivity contribution >= 4 is 53.9 Å². The van der Waals surface area contributed by atoms with Gasteiger partial charge in [0.25, 0.3) is 0 Å². The molecule has 2 rings (SSSR count). The van der Waals surface area contributed by atoms with E-state index in [4.69, 9.17) is 27.9 Å². The Morgan fingerprint density at radius 1 is 1.32 bits per heavy atom. The molecule has 1 aromatic rings. The van der Waals surface area contributed by atoms with Crippen LogP contribution in [0, 0.1) is 0 Å². The van der Waals surface area contributed by atoms with Crippen molar-refractivity contribution in [1.29, 1.82) is 0 Å². The molecule has 1 saturated heterocycles. The quantitative estimate of drug-likeness (QED) is 0.750. The number of morpholine rings is 1. The summed E-state index contributed by atoms with van der Waals surface area (Å²) in [6, 6.07) is 4.89. The summed E-state index contributed by atoms with van der Waals surface area (Å²) < 4.78 is 5.41. The molecular weight excluding hydrogens is 408 g/mol. The highest BCUT2D eigenvalue weighted by Gasteiger charge is 2.32. The van der Waals surface area contributed by atoms with Gasteiger partial charge in [-0.2, -0.15) is 0 Å². The predicted molar refractivity (Wildman–Crippen MR) is 108 cm³/mol. The van der Waals surface area contributed by atoms with Crippen LogP contribution in [0.15, 0.2) is 18.2 Å². The summed E-state index contributed by atoms with van der Waals surface area (Å²) in [5.41, 5.74) is 0.791. The third kappa shape index (κ3) is 6.75. The zero-order valence-electron chi connectivity index (χ0n) is 14.3. The van der Waals surface area contributed by atoms with Gasteiger partial charge in [0.2, 0.25) is 5.91 Å². The summed E-state index contributed by atoms with van der Waals surface area (Å²) in [6.07, 6.45) is 0. The summed E-state index contributed by atoms with van der Waals surface area (Å²) in [7, 11) is 3.69. The van der Waals surface area contributed by atoms with Crippen LogP contribution in [0.1, 0.15) is 11.6 Å². The van der Waals surface area contributed by atoms with Crippen molar-refractivity contribution < 1.29 is 9.53 Å². The zero-order valence-corrected chi connectivity index (χ0v) is 17.5. The number of likely N-dealkylation sites (N-methyl/N-ethyl adjacent to an activating group) is 2. The first-order valence-corrected chi connectivity index (χ1v) is 8.46. The SMILES string of the molecule is CNCCN(C)C(=O)C(c1ccc(Cl)cc1Cl)N1CCOCC1.Cl.Cl. The average molecular weight is 433 g/mol. The summed E-state index contributed by atoms with van der Waals surface area (Å²) in [6.45, 7) is 4.03. The van der Waals surface area contributed by atoms with Crippen LogP contribution in [0.4, 0.5) is 0 Å². The standard InChI is InChI=1S/C16H23Cl2N3O2.2ClH/c1-19-5-6-20(2)16(22)15(21-7-9-23-10-8-21)13-4-3-12(17)11-14(13)18;;/h3-4,11,15,19H,5-10H2,1-2H3;2*1H. The van der Waals surface area contributed by atoms with E-state index in [0.29, 0.717) is 42.9 Å². The fourth-order valence-corrected chi connectivity index (χ4v) is 3.16. The van der Waals surface area contributed by atoms with E-state index in [0.717, 1.165) is 12.1 Å². The van der Waals surface area contributed by atoms with Gasteiger partial charge >= 0.3 is 0 Å². The Balaban J connectivity index is 0.00000288. The van der Waals surface area contributed by atoms with Gasteiger partial charge in [-0.15, -0.1) is 24.8 Å². The molecule has 0 aromatic heterocycles. The van der Waals surface area contributed by atoms with Gasteiger partial charge < -0.3 is 15.0 Å². The van der Waals surface area contributed by atoms with Crippen molar-refractivity contribution in [3.8, 4) is 0 Å². The topological polar surface area (TPSA) is 44.8 Å². The van der Waals surface area contributed by atoms with E-state index in [1.807, 2.05) is 20.2 Å². The lowest BCUT2D eigenvalue weighted by Gasteiger charge is -2.36. The lowest BCUT2D eigenvalue weighted by molar-refractivity contribution is -0.137. The summed E-state index contributed by atoms with van der Waals surface area (Å²) >= 11 is 12.4. The molecule has 144 valence electrons. The van der Waals surface area contributed by atoms with E-state index >= 15 is 0 Å². The molecule has 1 heterocycles. The molecule has 1 aliphatic rings. The minimum atomic E-state index is -0.412. The van der Waals surface area contributed by atoms with Crippen LogP contribution in [0.25, 0.3) is 0 Å². The van der Waals surface area contributed by atoms with E-state index in [9.17, 15) is 4.79 Å². The smallest absolute Gasteiger partial charge is 0.244 e. The highest BCUT2D eigenvalue weighted by molar-refractivity contribution is 6.35. The van der Waals surface area contributed by atoms with E-state index in [1.54, 1.807) is 17.0 Å². The molecule has 1 amide bonds. The molecule has 1 fully saturated rings. The summed E-state index contributed by atoms with van der Waals surface area (Å²) in [5.74, 6) is 0.0337. The highest BCUT2D eigenvalue weighted by Crippen LogP contribution is 2.31. The number of nitrogens with one attached hydrogen (secondary N) is 1. The van der Waals surface area contributed by atoms with Crippen molar-refractivity contribution in [2.45, 2.75) is 6.04 Å². The molecule has 0 saturated carbocycles. The first-order chi connectivity index (χ1) is 11.0. The van der Waals surface area contributed by atoms with E-state index in [-0.39, 0.29) is 30.7 Å². The van der Waals surface area contributed by atoms with E-state index < -0.39 is 6.04 Å². The number of halogens is 4. The second kappa shape index (κ2) is 12.2. The number of carbonyl (C=O) groups is 1. The Bertz CT molecular complexity index is 542. The Morgan fingerprint density at radius 3 is 2.52 bits per heavy atom. The monoisotopic (exact) mass is 431 g/mol. The van der Waals surface area contributed by atoms with Gasteiger partial charge in [0.05, 0.1) is 13.2 Å². The fraction of sp³-hybridized carbons (Fsp3) is 0.562. The van der Waals surface area contributed by atoms with Gasteiger partial charge in [0.15, 0.2) is 0 Å². The lowest BCUT2D eigenvalue weighted by atomic mass is 10.0. The van der Waals surface area contributed by atoms with E-state index in [1.165, 1.54) is 0 Å². The molecule has 1 N–H and O–H groups in total. The predicted octanol–water partition coefficient (Wildman–Crippen LogP) is 2.89. The van der Waals surface area contributed by atoms with Gasteiger partial charge in [-0.25, -0.2) is 0 Å². The molecular formula is C16H25Cl4N3O2. The normalized spacial score (nSPS) is 15.7. The Labute approximate surface area is 171 Å².